The molecule has 1 fully saturated rings. The van der Waals surface area contributed by atoms with Crippen LogP contribution in [-0.2, 0) is 20.9 Å². The Morgan fingerprint density at radius 2 is 1.88 bits per heavy atom. The molecule has 1 aliphatic heterocycles. The van der Waals surface area contributed by atoms with Gasteiger partial charge in [-0.25, -0.2) is 5.10 Å². The first-order valence-corrected chi connectivity index (χ1v) is 14.6. The van der Waals surface area contributed by atoms with E-state index >= 15 is 0 Å². The Kier molecular flexibility index (Phi) is 10.2. The second-order valence-electron chi connectivity index (χ2n) is 11.3. The van der Waals surface area contributed by atoms with E-state index in [1.807, 2.05) is 68.1 Å². The van der Waals surface area contributed by atoms with Gasteiger partial charge >= 0.3 is 0 Å². The van der Waals surface area contributed by atoms with Gasteiger partial charge in [0, 0.05) is 30.5 Å². The van der Waals surface area contributed by atoms with Crippen LogP contribution < -0.4 is 11.1 Å². The molecule has 0 spiro atoms. The van der Waals surface area contributed by atoms with Gasteiger partial charge in [0.25, 0.3) is 0 Å². The van der Waals surface area contributed by atoms with E-state index < -0.39 is 23.8 Å². The molecule has 1 saturated heterocycles. The number of nitrogens with zero attached hydrogens (tertiary/aromatic N) is 4. The minimum Gasteiger partial charge on any atom is -0.369 e. The van der Waals surface area contributed by atoms with Crippen LogP contribution in [0.2, 0.25) is 0 Å². The van der Waals surface area contributed by atoms with E-state index in [2.05, 4.69) is 32.0 Å². The largest absolute Gasteiger partial charge is 0.369 e. The molecule has 218 valence electrons. The van der Waals surface area contributed by atoms with E-state index in [4.69, 9.17) is 5.73 Å². The number of hydrogen-bond donors (Lipinski definition) is 3. The van der Waals surface area contributed by atoms with Crippen molar-refractivity contribution in [2.75, 3.05) is 6.54 Å². The van der Waals surface area contributed by atoms with Gasteiger partial charge in [-0.2, -0.15) is 0 Å². The molecule has 4 N–H and O–H groups in total. The van der Waals surface area contributed by atoms with Crippen molar-refractivity contribution in [2.24, 2.45) is 23.5 Å². The first-order chi connectivity index (χ1) is 19.8. The Morgan fingerprint density at radius 3 is 2.56 bits per heavy atom. The molecule has 10 nitrogen and oxygen atoms in total. The molecule has 3 amide bonds. The highest BCUT2D eigenvalue weighted by atomic mass is 16.2. The van der Waals surface area contributed by atoms with Crippen LogP contribution in [0.15, 0.2) is 48.5 Å². The SMILES string of the molecule is CCC[C@@H](C(=O)N[C@H]1CCCCN(Cc2cccc(-c3ccccc3-c3nnn[nH]3)c2)C1=O)[C@H](CC(C)C)C(N)=O. The number of nitrogens with one attached hydrogen (secondary N) is 2. The topological polar surface area (TPSA) is 147 Å². The van der Waals surface area contributed by atoms with Crippen LogP contribution in [0.4, 0.5) is 0 Å². The van der Waals surface area contributed by atoms with Crippen LogP contribution in [0.1, 0.15) is 64.9 Å². The Labute approximate surface area is 241 Å². The molecule has 0 unspecified atom stereocenters. The monoisotopic (exact) mass is 559 g/mol. The number of primary amides is 1. The minimum absolute atomic E-state index is 0.0934. The smallest absolute Gasteiger partial charge is 0.245 e. The first kappa shape index (κ1) is 29.9. The van der Waals surface area contributed by atoms with Crippen molar-refractivity contribution in [2.45, 2.75) is 71.9 Å². The molecule has 0 saturated carbocycles. The van der Waals surface area contributed by atoms with E-state index in [1.54, 1.807) is 0 Å². The van der Waals surface area contributed by atoms with Gasteiger partial charge in [0.1, 0.15) is 6.04 Å². The minimum atomic E-state index is -0.625. The normalized spacial score (nSPS) is 17.2. The predicted molar refractivity (Wildman–Crippen MR) is 157 cm³/mol. The molecular formula is C31H41N7O3. The summed E-state index contributed by atoms with van der Waals surface area (Å²) in [6, 6.07) is 15.4. The number of aromatic amines is 1. The molecule has 3 aromatic rings. The standard InChI is InChI=1S/C31H41N7O3/c1-4-10-25(26(28(32)39)17-20(2)3)30(40)33-27-15-7-8-16-38(31(27)41)19-21-11-9-12-22(18-21)23-13-5-6-14-24(23)29-34-36-37-35-29/h5-6,9,11-14,18,20,25-27H,4,7-8,10,15-17,19H2,1-3H3,(H2,32,39)(H,33,40)(H,34,35,36,37)/t25-,26+,27+/m1/s1. The summed E-state index contributed by atoms with van der Waals surface area (Å²) in [5, 5.41) is 17.3. The van der Waals surface area contributed by atoms with Gasteiger partial charge in [-0.1, -0.05) is 69.7 Å². The number of amides is 3. The highest BCUT2D eigenvalue weighted by Gasteiger charge is 2.35. The Hall–Kier alpha value is -4.08. The molecule has 0 aliphatic carbocycles. The molecular weight excluding hydrogens is 518 g/mol. The molecule has 3 atom stereocenters. The van der Waals surface area contributed by atoms with E-state index in [1.165, 1.54) is 0 Å². The number of carbonyl (C=O) groups is 3. The zero-order chi connectivity index (χ0) is 29.4. The summed E-state index contributed by atoms with van der Waals surface area (Å²) >= 11 is 0. The van der Waals surface area contributed by atoms with Crippen LogP contribution in [-0.4, -0.2) is 55.8 Å². The van der Waals surface area contributed by atoms with Gasteiger partial charge < -0.3 is 16.0 Å². The number of likely N-dealkylation sites (tertiary alicyclic amines) is 1. The van der Waals surface area contributed by atoms with Gasteiger partial charge in [0.2, 0.25) is 17.7 Å². The maximum Gasteiger partial charge on any atom is 0.245 e. The third-order valence-corrected chi connectivity index (χ3v) is 7.75. The maximum atomic E-state index is 13.7. The van der Waals surface area contributed by atoms with Crippen LogP contribution in [0.5, 0.6) is 0 Å². The van der Waals surface area contributed by atoms with Crippen molar-refractivity contribution in [1.29, 1.82) is 0 Å². The maximum absolute atomic E-state index is 13.7. The van der Waals surface area contributed by atoms with Crippen molar-refractivity contribution in [3.63, 3.8) is 0 Å². The third kappa shape index (κ3) is 7.56. The average Bonchev–Trinajstić information content (AvgIpc) is 3.45. The van der Waals surface area contributed by atoms with E-state index in [9.17, 15) is 14.4 Å². The van der Waals surface area contributed by atoms with Crippen LogP contribution in [0, 0.1) is 17.8 Å². The zero-order valence-electron chi connectivity index (χ0n) is 24.2. The molecule has 2 aromatic carbocycles. The molecule has 0 radical (unpaired) electrons. The molecule has 0 bridgehead atoms. The number of rotatable bonds is 12. The highest BCUT2D eigenvalue weighted by molar-refractivity contribution is 5.91. The lowest BCUT2D eigenvalue weighted by Crippen LogP contribution is -2.50. The number of nitrogens with two attached hydrogens (primary N) is 1. The third-order valence-electron chi connectivity index (χ3n) is 7.75. The van der Waals surface area contributed by atoms with Gasteiger partial charge in [-0.05, 0) is 71.2 Å². The molecule has 4 rings (SSSR count). The summed E-state index contributed by atoms with van der Waals surface area (Å²) in [4.78, 5) is 41.3. The van der Waals surface area contributed by atoms with Gasteiger partial charge in [0.05, 0.1) is 0 Å². The summed E-state index contributed by atoms with van der Waals surface area (Å²) in [5.74, 6) is -1.08. The summed E-state index contributed by atoms with van der Waals surface area (Å²) < 4.78 is 0. The second kappa shape index (κ2) is 14.0. The number of hydrogen-bond acceptors (Lipinski definition) is 6. The fourth-order valence-corrected chi connectivity index (χ4v) is 5.76. The lowest BCUT2D eigenvalue weighted by atomic mass is 9.81. The number of H-pyrrole nitrogens is 1. The molecule has 41 heavy (non-hydrogen) atoms. The summed E-state index contributed by atoms with van der Waals surface area (Å²) in [6.07, 6.45) is 4.10. The van der Waals surface area contributed by atoms with E-state index in [0.29, 0.717) is 38.2 Å². The van der Waals surface area contributed by atoms with Crippen LogP contribution in [0.3, 0.4) is 0 Å². The lowest BCUT2D eigenvalue weighted by molar-refractivity contribution is -0.139. The fraction of sp³-hybridized carbons (Fsp3) is 0.484. The van der Waals surface area contributed by atoms with E-state index in [-0.39, 0.29) is 17.7 Å². The molecule has 1 aromatic heterocycles. The van der Waals surface area contributed by atoms with E-state index in [0.717, 1.165) is 41.5 Å². The lowest BCUT2D eigenvalue weighted by Gasteiger charge is -2.29. The molecule has 1 aliphatic rings. The number of aromatic nitrogens is 4. The number of carbonyl (C=O) groups excluding carboxylic acids is 3. The number of benzene rings is 2. The fourth-order valence-electron chi connectivity index (χ4n) is 5.76. The first-order valence-electron chi connectivity index (χ1n) is 14.6. The van der Waals surface area contributed by atoms with Crippen molar-refractivity contribution >= 4 is 17.7 Å². The second-order valence-corrected chi connectivity index (χ2v) is 11.3. The average molecular weight is 560 g/mol. The molecule has 2 heterocycles. The summed E-state index contributed by atoms with van der Waals surface area (Å²) in [5.41, 5.74) is 9.58. The van der Waals surface area contributed by atoms with Crippen molar-refractivity contribution in [1.82, 2.24) is 30.8 Å². The van der Waals surface area contributed by atoms with Gasteiger partial charge in [-0.15, -0.1) is 5.10 Å². The highest BCUT2D eigenvalue weighted by Crippen LogP contribution is 2.31. The van der Waals surface area contributed by atoms with Crippen molar-refractivity contribution < 1.29 is 14.4 Å². The predicted octanol–water partition coefficient (Wildman–Crippen LogP) is 4.09. The Morgan fingerprint density at radius 1 is 1.10 bits per heavy atom. The summed E-state index contributed by atoms with van der Waals surface area (Å²) in [6.45, 7) is 7.07. The Bertz CT molecular complexity index is 1320. The summed E-state index contributed by atoms with van der Waals surface area (Å²) in [7, 11) is 0. The van der Waals surface area contributed by atoms with Crippen molar-refractivity contribution in [3.8, 4) is 22.5 Å². The molecule has 10 heteroatoms. The van der Waals surface area contributed by atoms with Crippen LogP contribution >= 0.6 is 0 Å². The van der Waals surface area contributed by atoms with Gasteiger partial charge in [0.15, 0.2) is 5.82 Å². The van der Waals surface area contributed by atoms with Crippen LogP contribution in [0.25, 0.3) is 22.5 Å². The number of tetrazole rings is 1. The quantitative estimate of drug-likeness (QED) is 0.304. The zero-order valence-corrected chi connectivity index (χ0v) is 24.2. The van der Waals surface area contributed by atoms with Gasteiger partial charge in [-0.3, -0.25) is 14.4 Å². The Balaban J connectivity index is 1.51. The van der Waals surface area contributed by atoms with Crippen molar-refractivity contribution in [3.05, 3.63) is 54.1 Å².